The van der Waals surface area contributed by atoms with Gasteiger partial charge in [-0.05, 0) is 45.5 Å². The largest absolute Gasteiger partial charge is 0.445 e. The van der Waals surface area contributed by atoms with Crippen LogP contribution in [0.3, 0.4) is 0 Å². The second-order valence-electron chi connectivity index (χ2n) is 13.4. The topological polar surface area (TPSA) is 132 Å². The minimum absolute atomic E-state index is 0.0490. The molecular weight excluding hydrogens is 731 g/mol. The van der Waals surface area contributed by atoms with Crippen LogP contribution in [0.25, 0.3) is 11.1 Å². The molecule has 4 aromatic carbocycles. The zero-order chi connectivity index (χ0) is 37.8. The summed E-state index contributed by atoms with van der Waals surface area (Å²) < 4.78 is 20.3. The number of nitrogens with zero attached hydrogens (tertiary/aromatic N) is 3. The lowest BCUT2D eigenvalue weighted by atomic mass is 9.90. The summed E-state index contributed by atoms with van der Waals surface area (Å²) in [6.45, 7) is 2.50. The van der Waals surface area contributed by atoms with Gasteiger partial charge < -0.3 is 29.2 Å². The van der Waals surface area contributed by atoms with Gasteiger partial charge in [0.15, 0.2) is 11.4 Å². The maximum atomic E-state index is 13.2. The predicted octanol–water partition coefficient (Wildman–Crippen LogP) is 7.39. The van der Waals surface area contributed by atoms with Crippen LogP contribution in [0.5, 0.6) is 0 Å². The highest BCUT2D eigenvalue weighted by molar-refractivity contribution is 6.40. The monoisotopic (exact) mass is 768 g/mol. The highest BCUT2D eigenvalue weighted by atomic mass is 35.5. The average molecular weight is 770 g/mol. The van der Waals surface area contributed by atoms with Gasteiger partial charge in [0.05, 0.1) is 44.7 Å². The number of carbonyl (C=O) groups is 3. The molecular formula is C41H38Cl2N4O7. The molecule has 2 aliphatic heterocycles. The van der Waals surface area contributed by atoms with Gasteiger partial charge in [-0.1, -0.05) is 121 Å². The van der Waals surface area contributed by atoms with Crippen LogP contribution in [0.15, 0.2) is 109 Å². The molecule has 0 radical (unpaired) electrons. The van der Waals surface area contributed by atoms with Crippen molar-refractivity contribution in [2.24, 2.45) is 5.92 Å². The van der Waals surface area contributed by atoms with Gasteiger partial charge in [0, 0.05) is 11.5 Å². The highest BCUT2D eigenvalue weighted by Gasteiger charge is 2.40. The third kappa shape index (κ3) is 8.36. The Hall–Kier alpha value is -5.04. The van der Waals surface area contributed by atoms with E-state index in [4.69, 9.17) is 37.4 Å². The number of likely N-dealkylation sites (tertiary alicyclic amines) is 1. The van der Waals surface area contributed by atoms with Gasteiger partial charge in [-0.25, -0.2) is 9.78 Å². The summed E-state index contributed by atoms with van der Waals surface area (Å²) >= 11 is 12.6. The Morgan fingerprint density at radius 3 is 2.33 bits per heavy atom. The summed E-state index contributed by atoms with van der Waals surface area (Å²) in [4.78, 5) is 43.9. The molecule has 2 N–H and O–H groups in total. The molecule has 2 aliphatic rings. The normalized spacial score (nSPS) is 21.3. The SMILES string of the molecule is C[C@H]1[C@@H](Cn2cnc(Cl)c2Cl)O[C@@H](c2cccc(-c3cccc(CN4C(=O)CC(NC(=O)OCc5ccccc5)C4=O)c3)c2)O[C@H]1c1ccc(CO)cc1. The predicted molar refractivity (Wildman–Crippen MR) is 201 cm³/mol. The molecule has 2 fully saturated rings. The van der Waals surface area contributed by atoms with Crippen LogP contribution in [0.2, 0.25) is 10.3 Å². The zero-order valence-electron chi connectivity index (χ0n) is 29.3. The van der Waals surface area contributed by atoms with Crippen molar-refractivity contribution < 1.29 is 33.7 Å². The summed E-state index contributed by atoms with van der Waals surface area (Å²) in [6.07, 6.45) is -0.731. The number of hydrogen-bond acceptors (Lipinski definition) is 8. The van der Waals surface area contributed by atoms with E-state index in [1.54, 1.807) is 10.9 Å². The van der Waals surface area contributed by atoms with Crippen molar-refractivity contribution >= 4 is 41.1 Å². The number of alkyl carbamates (subject to hydrolysis) is 1. The van der Waals surface area contributed by atoms with Crippen LogP contribution in [-0.2, 0) is 50.1 Å². The van der Waals surface area contributed by atoms with Crippen LogP contribution in [0.1, 0.15) is 53.6 Å². The average Bonchev–Trinajstić information content (AvgIpc) is 3.65. The molecule has 1 unspecified atom stereocenters. The molecule has 1 aromatic heterocycles. The number of imide groups is 1. The van der Waals surface area contributed by atoms with E-state index in [1.165, 1.54) is 0 Å². The molecule has 0 spiro atoms. The van der Waals surface area contributed by atoms with Gasteiger partial charge in [-0.15, -0.1) is 0 Å². The number of rotatable bonds is 11. The Bertz CT molecular complexity index is 2130. The van der Waals surface area contributed by atoms with Gasteiger partial charge in [0.2, 0.25) is 5.91 Å². The van der Waals surface area contributed by atoms with E-state index in [1.807, 2.05) is 103 Å². The molecule has 0 saturated carbocycles. The number of ether oxygens (including phenoxy) is 3. The second-order valence-corrected chi connectivity index (χ2v) is 14.1. The number of carbonyl (C=O) groups excluding carboxylic acids is 3. The Labute approximate surface area is 322 Å². The first-order valence-electron chi connectivity index (χ1n) is 17.5. The molecule has 3 amide bonds. The Morgan fingerprint density at radius 2 is 1.61 bits per heavy atom. The van der Waals surface area contributed by atoms with E-state index in [9.17, 15) is 19.5 Å². The third-order valence-electron chi connectivity index (χ3n) is 9.74. The number of amides is 3. The maximum Gasteiger partial charge on any atom is 0.408 e. The van der Waals surface area contributed by atoms with Gasteiger partial charge in [0.1, 0.15) is 17.8 Å². The lowest BCUT2D eigenvalue weighted by molar-refractivity contribution is -0.276. The molecule has 7 rings (SSSR count). The van der Waals surface area contributed by atoms with Crippen molar-refractivity contribution in [1.29, 1.82) is 0 Å². The van der Waals surface area contributed by atoms with Crippen LogP contribution in [0.4, 0.5) is 4.79 Å². The number of benzene rings is 4. The molecule has 3 heterocycles. The van der Waals surface area contributed by atoms with Crippen LogP contribution in [0, 0.1) is 5.92 Å². The van der Waals surface area contributed by atoms with Gasteiger partial charge in [0.25, 0.3) is 5.91 Å². The lowest BCUT2D eigenvalue weighted by Crippen LogP contribution is -2.41. The number of aliphatic hydroxyl groups excluding tert-OH is 1. The quantitative estimate of drug-likeness (QED) is 0.133. The first-order chi connectivity index (χ1) is 26.2. The second kappa shape index (κ2) is 16.5. The molecule has 54 heavy (non-hydrogen) atoms. The highest BCUT2D eigenvalue weighted by Crippen LogP contribution is 2.43. The van der Waals surface area contributed by atoms with Crippen molar-refractivity contribution in [3.8, 4) is 11.1 Å². The van der Waals surface area contributed by atoms with Gasteiger partial charge in [-0.3, -0.25) is 14.5 Å². The summed E-state index contributed by atoms with van der Waals surface area (Å²) in [7, 11) is 0. The van der Waals surface area contributed by atoms with E-state index in [-0.39, 0.29) is 55.4 Å². The Balaban J connectivity index is 1.06. The maximum absolute atomic E-state index is 13.2. The van der Waals surface area contributed by atoms with Crippen molar-refractivity contribution in [2.45, 2.75) is 64.2 Å². The summed E-state index contributed by atoms with van der Waals surface area (Å²) in [5.74, 6) is -0.959. The molecule has 5 aromatic rings. The van der Waals surface area contributed by atoms with Crippen molar-refractivity contribution in [2.75, 3.05) is 0 Å². The Kier molecular flexibility index (Phi) is 11.4. The third-order valence-corrected chi connectivity index (χ3v) is 10.5. The molecule has 2 saturated heterocycles. The fourth-order valence-corrected chi connectivity index (χ4v) is 7.07. The van der Waals surface area contributed by atoms with E-state index in [0.717, 1.165) is 43.8 Å². The van der Waals surface area contributed by atoms with E-state index in [2.05, 4.69) is 17.2 Å². The lowest BCUT2D eigenvalue weighted by Gasteiger charge is -2.41. The number of aromatic nitrogens is 2. The Morgan fingerprint density at radius 1 is 0.889 bits per heavy atom. The smallest absolute Gasteiger partial charge is 0.408 e. The molecule has 278 valence electrons. The molecule has 13 heteroatoms. The van der Waals surface area contributed by atoms with Crippen molar-refractivity contribution in [1.82, 2.24) is 19.8 Å². The number of halogens is 2. The van der Waals surface area contributed by atoms with E-state index >= 15 is 0 Å². The molecule has 11 nitrogen and oxygen atoms in total. The number of imidazole rings is 1. The minimum atomic E-state index is -0.999. The van der Waals surface area contributed by atoms with Crippen LogP contribution >= 0.6 is 23.2 Å². The first-order valence-corrected chi connectivity index (χ1v) is 18.3. The summed E-state index contributed by atoms with van der Waals surface area (Å²) in [5.41, 5.74) is 5.84. The number of aliphatic hydroxyl groups is 1. The molecule has 5 atom stereocenters. The van der Waals surface area contributed by atoms with Crippen LogP contribution in [-0.4, -0.2) is 49.6 Å². The minimum Gasteiger partial charge on any atom is -0.445 e. The van der Waals surface area contributed by atoms with E-state index in [0.29, 0.717) is 11.7 Å². The van der Waals surface area contributed by atoms with Crippen molar-refractivity contribution in [3.63, 3.8) is 0 Å². The number of hydrogen-bond donors (Lipinski definition) is 2. The standard InChI is InChI=1S/C41H38Cl2N4O7/c1-25-34(21-46-24-44-37(42)38(46)43)53-40(54-36(25)29-15-13-26(22-48)14-16-29)32-12-6-11-31(18-32)30-10-5-9-28(17-30)20-47-35(49)19-33(39(47)50)45-41(51)52-23-27-7-3-2-4-8-27/h2-18,24-25,33-34,36,40,48H,19-23H2,1H3,(H,45,51)/t25-,33?,34+,36+,40+/m0/s1. The molecule has 0 bridgehead atoms. The van der Waals surface area contributed by atoms with Crippen LogP contribution < -0.4 is 5.32 Å². The first kappa shape index (κ1) is 37.3. The zero-order valence-corrected chi connectivity index (χ0v) is 30.8. The fraction of sp³-hybridized carbons (Fsp3) is 0.268. The van der Waals surface area contributed by atoms with Crippen molar-refractivity contribution in [3.05, 3.63) is 148 Å². The summed E-state index contributed by atoms with van der Waals surface area (Å²) in [6, 6.07) is 31.3. The fourth-order valence-electron chi connectivity index (χ4n) is 6.76. The summed E-state index contributed by atoms with van der Waals surface area (Å²) in [5, 5.41) is 12.7. The van der Waals surface area contributed by atoms with Gasteiger partial charge in [-0.2, -0.15) is 0 Å². The van der Waals surface area contributed by atoms with Gasteiger partial charge >= 0.3 is 6.09 Å². The molecule has 0 aliphatic carbocycles. The number of nitrogens with one attached hydrogen (secondary N) is 1. The van der Waals surface area contributed by atoms with E-state index < -0.39 is 24.3 Å².